The van der Waals surface area contributed by atoms with Crippen molar-refractivity contribution in [2.24, 2.45) is 10.2 Å². The second kappa shape index (κ2) is 17.0. The fraction of sp³-hybridized carbons (Fsp3) is 0.277. The number of hydrogen-bond donors (Lipinski definition) is 0. The summed E-state index contributed by atoms with van der Waals surface area (Å²) in [7, 11) is 1.97. The SMILES string of the molecule is CCCc1cc2c(ccc3c(-c4ccccc4C(F)(F)F)c4ccc5cc(N=Nc6ccc(N(C)CCCC(=O)OCC)cc6)ccc5c4oc32)c(CCC)[c]1=[Ni]. The zero-order valence-electron chi connectivity index (χ0n) is 32.4. The first kappa shape index (κ1) is 39.9. The van der Waals surface area contributed by atoms with Crippen molar-refractivity contribution in [1.82, 2.24) is 0 Å². The van der Waals surface area contributed by atoms with E-state index in [2.05, 4.69) is 35.0 Å². The van der Waals surface area contributed by atoms with Crippen LogP contribution in [0.1, 0.15) is 63.1 Å². The molecule has 0 saturated heterocycles. The number of alkyl halides is 3. The Morgan fingerprint density at radius 3 is 2.14 bits per heavy atom. The summed E-state index contributed by atoms with van der Waals surface area (Å²) >= 11 is 5.61. The molecule has 6 nitrogen and oxygen atoms in total. The molecular formula is C47H44F3N3NiO3. The summed E-state index contributed by atoms with van der Waals surface area (Å²) < 4.78 is 56.9. The van der Waals surface area contributed by atoms with Crippen LogP contribution < -0.4 is 4.90 Å². The van der Waals surface area contributed by atoms with Crippen molar-refractivity contribution in [3.05, 3.63) is 118 Å². The molecule has 57 heavy (non-hydrogen) atoms. The van der Waals surface area contributed by atoms with E-state index in [1.807, 2.05) is 73.8 Å². The maximum atomic E-state index is 14.7. The van der Waals surface area contributed by atoms with E-state index in [0.29, 0.717) is 64.9 Å². The Hall–Kier alpha value is -5.34. The Bertz CT molecular complexity index is 2710. The molecule has 0 amide bonds. The van der Waals surface area contributed by atoms with Gasteiger partial charge in [-0.2, -0.15) is 5.11 Å². The van der Waals surface area contributed by atoms with E-state index < -0.39 is 11.7 Å². The molecule has 10 heteroatoms. The van der Waals surface area contributed by atoms with Crippen LogP contribution in [-0.2, 0) is 43.6 Å². The number of esters is 1. The summed E-state index contributed by atoms with van der Waals surface area (Å²) in [4.78, 5) is 13.8. The van der Waals surface area contributed by atoms with Crippen molar-refractivity contribution in [3.63, 3.8) is 0 Å². The molecule has 7 aromatic rings. The van der Waals surface area contributed by atoms with Gasteiger partial charge in [-0.25, -0.2) is 0 Å². The van der Waals surface area contributed by atoms with Gasteiger partial charge in [0.25, 0.3) is 0 Å². The number of ether oxygens (including phenoxy) is 1. The number of halogens is 3. The van der Waals surface area contributed by atoms with Crippen LogP contribution in [-0.4, -0.2) is 26.2 Å². The quantitative estimate of drug-likeness (QED) is 0.0382. The molecule has 1 aromatic heterocycles. The molecule has 1 heterocycles. The van der Waals surface area contributed by atoms with Gasteiger partial charge in [-0.1, -0.05) is 0 Å². The van der Waals surface area contributed by atoms with Gasteiger partial charge < -0.3 is 9.64 Å². The number of benzene rings is 6. The maximum absolute atomic E-state index is 14.7. The molecule has 0 radical (unpaired) electrons. The van der Waals surface area contributed by atoms with Gasteiger partial charge in [0.05, 0.1) is 12.3 Å². The molecule has 0 aliphatic heterocycles. The minimum absolute atomic E-state index is 0.0958. The average Bonchev–Trinajstić information content (AvgIpc) is 3.20. The van der Waals surface area contributed by atoms with Crippen molar-refractivity contribution in [1.29, 1.82) is 0 Å². The zero-order chi connectivity index (χ0) is 40.3. The van der Waals surface area contributed by atoms with Crippen LogP contribution in [0, 0.1) is 4.14 Å². The van der Waals surface area contributed by atoms with Gasteiger partial charge in [-0.15, -0.1) is 0 Å². The molecule has 0 aliphatic carbocycles. The molecule has 0 spiro atoms. The van der Waals surface area contributed by atoms with Gasteiger partial charge in [0.2, 0.25) is 0 Å². The van der Waals surface area contributed by atoms with E-state index in [-0.39, 0.29) is 11.5 Å². The topological polar surface area (TPSA) is 67.4 Å². The van der Waals surface area contributed by atoms with Crippen LogP contribution in [0.15, 0.2) is 112 Å². The van der Waals surface area contributed by atoms with E-state index in [4.69, 9.17) is 24.2 Å². The van der Waals surface area contributed by atoms with Crippen molar-refractivity contribution < 1.29 is 42.2 Å². The van der Waals surface area contributed by atoms with Crippen molar-refractivity contribution in [2.75, 3.05) is 25.1 Å². The summed E-state index contributed by atoms with van der Waals surface area (Å²) in [5.74, 6) is -0.190. The number of anilines is 1. The number of azo groups is 1. The van der Waals surface area contributed by atoms with Gasteiger partial charge in [0.1, 0.15) is 0 Å². The third kappa shape index (κ3) is 8.24. The van der Waals surface area contributed by atoms with Crippen LogP contribution in [0.4, 0.5) is 30.2 Å². The second-order valence-corrected chi connectivity index (χ2v) is 14.7. The Labute approximate surface area is 337 Å². The molecule has 0 unspecified atom stereocenters. The number of nitrogens with zero attached hydrogens (tertiary/aromatic N) is 3. The van der Waals surface area contributed by atoms with Gasteiger partial charge in [0, 0.05) is 25.7 Å². The van der Waals surface area contributed by atoms with E-state index in [9.17, 15) is 18.0 Å². The van der Waals surface area contributed by atoms with Crippen LogP contribution in [0.3, 0.4) is 0 Å². The molecule has 0 atom stereocenters. The molecule has 7 rings (SSSR count). The summed E-state index contributed by atoms with van der Waals surface area (Å²) in [5.41, 5.74) is 5.32. The minimum atomic E-state index is -4.57. The standard InChI is InChI=1S/C47H44F3N3O3.Ni/c1-5-11-30-27-31(12-6-2)36-24-25-40-44(38-13-8-9-14-42(38)47(48,49)50)39-22-16-32-29-34(19-23-37(32)45(39)56-46(40)41(36)28-30)52-51-33-17-20-35(21-18-33)53(4)26-10-15-43(54)55-7-3;/h8-9,13-14,16-25,28-29H,5-7,10-12,15,26H2,1-4H3;. The number of hydrogen-bond acceptors (Lipinski definition) is 6. The Morgan fingerprint density at radius 2 is 1.42 bits per heavy atom. The number of fused-ring (bicyclic) bond motifs is 6. The molecule has 6 aromatic carbocycles. The monoisotopic (exact) mass is 813 g/mol. The summed E-state index contributed by atoms with van der Waals surface area (Å²) in [6, 6.07) is 28.8. The third-order valence-electron chi connectivity index (χ3n) is 10.3. The summed E-state index contributed by atoms with van der Waals surface area (Å²) in [6.45, 7) is 7.13. The number of carbonyl (C=O) groups excluding carboxylic acids is 1. The molecule has 0 fully saturated rings. The van der Waals surface area contributed by atoms with Gasteiger partial charge in [-0.05, 0) is 37.6 Å². The molecule has 0 saturated carbocycles. The fourth-order valence-corrected chi connectivity index (χ4v) is 8.09. The Kier molecular flexibility index (Phi) is 11.9. The third-order valence-corrected chi connectivity index (χ3v) is 10.9. The van der Waals surface area contributed by atoms with Crippen LogP contribution in [0.5, 0.6) is 0 Å². The summed E-state index contributed by atoms with van der Waals surface area (Å²) in [6.07, 6.45) is -0.0929. The molecular weight excluding hydrogens is 770 g/mol. The summed E-state index contributed by atoms with van der Waals surface area (Å²) in [5, 5.41) is 13.6. The number of rotatable bonds is 13. The first-order valence-corrected chi connectivity index (χ1v) is 19.9. The molecule has 0 N–H and O–H groups in total. The van der Waals surface area contributed by atoms with Crippen LogP contribution >= 0.6 is 0 Å². The Balaban J connectivity index is 1.33. The van der Waals surface area contributed by atoms with E-state index in [0.717, 1.165) is 74.2 Å². The van der Waals surface area contributed by atoms with Crippen molar-refractivity contribution in [2.45, 2.75) is 65.5 Å². The van der Waals surface area contributed by atoms with Crippen molar-refractivity contribution in [3.8, 4) is 11.1 Å². The van der Waals surface area contributed by atoms with Crippen LogP contribution in [0.2, 0.25) is 0 Å². The van der Waals surface area contributed by atoms with E-state index >= 15 is 0 Å². The van der Waals surface area contributed by atoms with Crippen molar-refractivity contribution >= 4 is 66.5 Å². The van der Waals surface area contributed by atoms with Crippen LogP contribution in [0.25, 0.3) is 54.6 Å². The van der Waals surface area contributed by atoms with Gasteiger partial charge >= 0.3 is 243 Å². The predicted octanol–water partition coefficient (Wildman–Crippen LogP) is 13.8. The first-order chi connectivity index (χ1) is 27.5. The van der Waals surface area contributed by atoms with E-state index in [1.165, 1.54) is 6.07 Å². The average molecular weight is 815 g/mol. The fourth-order valence-electron chi connectivity index (χ4n) is 7.64. The van der Waals surface area contributed by atoms with E-state index in [1.54, 1.807) is 19.1 Å². The Morgan fingerprint density at radius 1 is 0.772 bits per heavy atom. The molecule has 0 aliphatic rings. The van der Waals surface area contributed by atoms with Gasteiger partial charge in [-0.3, -0.25) is 4.79 Å². The predicted molar refractivity (Wildman–Crippen MR) is 220 cm³/mol. The zero-order valence-corrected chi connectivity index (χ0v) is 33.4. The molecule has 0 bridgehead atoms. The number of aryl methyl sites for hydroxylation is 2. The normalized spacial score (nSPS) is 12.1. The second-order valence-electron chi connectivity index (χ2n) is 14.2. The first-order valence-electron chi connectivity index (χ1n) is 19.4. The van der Waals surface area contributed by atoms with Gasteiger partial charge in [0.15, 0.2) is 0 Å². The number of carbonyl (C=O) groups is 1. The molecule has 296 valence electrons.